The van der Waals surface area contributed by atoms with Gasteiger partial charge in [-0.1, -0.05) is 6.07 Å². The lowest BCUT2D eigenvalue weighted by atomic mass is 10.0. The Bertz CT molecular complexity index is 956. The molecule has 0 aliphatic carbocycles. The van der Waals surface area contributed by atoms with Crippen LogP contribution in [0.25, 0.3) is 0 Å². The van der Waals surface area contributed by atoms with Gasteiger partial charge in [-0.15, -0.1) is 0 Å². The Morgan fingerprint density at radius 1 is 0.964 bits per heavy atom. The monoisotopic (exact) mass is 382 g/mol. The fraction of sp³-hybridized carbons (Fsp3) is 0.250. The van der Waals surface area contributed by atoms with E-state index >= 15 is 0 Å². The highest BCUT2D eigenvalue weighted by atomic mass is 16.7. The lowest BCUT2D eigenvalue weighted by Gasteiger charge is -2.18. The molecule has 0 saturated carbocycles. The molecule has 28 heavy (non-hydrogen) atoms. The largest absolute Gasteiger partial charge is 0.482 e. The lowest BCUT2D eigenvalue weighted by Crippen LogP contribution is -2.25. The number of amides is 2. The third-order valence-corrected chi connectivity index (χ3v) is 4.44. The molecule has 144 valence electrons. The first kappa shape index (κ1) is 17.8. The van der Waals surface area contributed by atoms with Crippen molar-refractivity contribution in [1.82, 2.24) is 5.32 Å². The van der Waals surface area contributed by atoms with Crippen molar-refractivity contribution in [3.05, 3.63) is 47.5 Å². The van der Waals surface area contributed by atoms with Crippen molar-refractivity contribution in [3.63, 3.8) is 0 Å². The maximum Gasteiger partial charge on any atom is 0.262 e. The molecular weight excluding hydrogens is 364 g/mol. The Labute approximate surface area is 160 Å². The van der Waals surface area contributed by atoms with E-state index in [4.69, 9.17) is 14.2 Å². The number of rotatable bonds is 6. The van der Waals surface area contributed by atoms with Crippen LogP contribution in [0.1, 0.15) is 28.8 Å². The zero-order valence-corrected chi connectivity index (χ0v) is 14.9. The highest BCUT2D eigenvalue weighted by Gasteiger charge is 2.18. The van der Waals surface area contributed by atoms with E-state index < -0.39 is 0 Å². The third-order valence-electron chi connectivity index (χ3n) is 4.44. The number of carbonyl (C=O) groups is 3. The zero-order valence-electron chi connectivity index (χ0n) is 14.9. The van der Waals surface area contributed by atoms with Crippen molar-refractivity contribution in [1.29, 1.82) is 0 Å². The molecule has 2 heterocycles. The summed E-state index contributed by atoms with van der Waals surface area (Å²) in [6.07, 6.45) is 0.143. The number of carbonyl (C=O) groups excluding carboxylic acids is 3. The van der Waals surface area contributed by atoms with Crippen molar-refractivity contribution in [2.24, 2.45) is 0 Å². The Kier molecular flexibility index (Phi) is 4.84. The number of benzene rings is 2. The topological polar surface area (TPSA) is 103 Å². The summed E-state index contributed by atoms with van der Waals surface area (Å²) in [7, 11) is 0. The summed E-state index contributed by atoms with van der Waals surface area (Å²) in [6.45, 7) is 0.501. The summed E-state index contributed by atoms with van der Waals surface area (Å²) in [6, 6.07) is 10.3. The van der Waals surface area contributed by atoms with E-state index in [0.717, 1.165) is 5.56 Å². The molecule has 2 aromatic rings. The van der Waals surface area contributed by atoms with Crippen LogP contribution >= 0.6 is 0 Å². The van der Waals surface area contributed by atoms with Crippen LogP contribution in [-0.4, -0.2) is 31.0 Å². The summed E-state index contributed by atoms with van der Waals surface area (Å²) < 4.78 is 15.8. The van der Waals surface area contributed by atoms with E-state index in [1.807, 2.05) is 12.1 Å². The van der Waals surface area contributed by atoms with E-state index in [2.05, 4.69) is 10.6 Å². The molecular formula is C20H18N2O6. The van der Waals surface area contributed by atoms with Gasteiger partial charge in [0.15, 0.2) is 23.9 Å². The van der Waals surface area contributed by atoms with E-state index in [-0.39, 0.29) is 43.8 Å². The Morgan fingerprint density at radius 3 is 2.68 bits per heavy atom. The number of hydrogen-bond acceptors (Lipinski definition) is 6. The molecule has 0 unspecified atom stereocenters. The molecule has 0 aromatic heterocycles. The quantitative estimate of drug-likeness (QED) is 0.741. The van der Waals surface area contributed by atoms with Gasteiger partial charge in [-0.25, -0.2) is 0 Å². The molecule has 8 heteroatoms. The highest BCUT2D eigenvalue weighted by molar-refractivity contribution is 6.01. The fourth-order valence-electron chi connectivity index (χ4n) is 2.97. The molecule has 2 aliphatic heterocycles. The lowest BCUT2D eigenvalue weighted by molar-refractivity contribution is -0.121. The number of ketones is 1. The maximum absolute atomic E-state index is 12.4. The van der Waals surface area contributed by atoms with Gasteiger partial charge in [-0.05, 0) is 35.9 Å². The predicted octanol–water partition coefficient (Wildman–Crippen LogP) is 2.03. The van der Waals surface area contributed by atoms with Crippen LogP contribution in [0.4, 0.5) is 5.69 Å². The first-order chi connectivity index (χ1) is 13.6. The molecule has 4 rings (SSSR count). The summed E-state index contributed by atoms with van der Waals surface area (Å²) in [5.41, 5.74) is 1.77. The molecule has 8 nitrogen and oxygen atoms in total. The van der Waals surface area contributed by atoms with Crippen LogP contribution in [0.15, 0.2) is 36.4 Å². The number of fused-ring (bicyclic) bond motifs is 2. The molecule has 2 amide bonds. The van der Waals surface area contributed by atoms with Crippen LogP contribution in [0.3, 0.4) is 0 Å². The van der Waals surface area contributed by atoms with Crippen molar-refractivity contribution in [2.45, 2.75) is 19.4 Å². The second-order valence-electron chi connectivity index (χ2n) is 6.44. The van der Waals surface area contributed by atoms with Gasteiger partial charge in [-0.3, -0.25) is 14.4 Å². The summed E-state index contributed by atoms with van der Waals surface area (Å²) in [5.74, 6) is 1.21. The number of nitrogens with one attached hydrogen (secondary N) is 2. The zero-order chi connectivity index (χ0) is 19.5. The smallest absolute Gasteiger partial charge is 0.262 e. The van der Waals surface area contributed by atoms with Crippen LogP contribution < -0.4 is 24.8 Å². The van der Waals surface area contributed by atoms with Gasteiger partial charge in [0.05, 0.1) is 5.69 Å². The minimum absolute atomic E-state index is 0.0379. The number of anilines is 1. The standard InChI is InChI=1S/C20H18N2O6/c23-15(13-2-5-16-14(8-13)22-20(25)10-26-16)3-6-19(24)21-9-12-1-4-17-18(7-12)28-11-27-17/h1-2,4-5,7-8H,3,6,9-11H2,(H,21,24)(H,22,25). The van der Waals surface area contributed by atoms with Crippen LogP contribution in [0, 0.1) is 0 Å². The second-order valence-corrected chi connectivity index (χ2v) is 6.44. The summed E-state index contributed by atoms with van der Waals surface area (Å²) in [4.78, 5) is 35.8. The van der Waals surface area contributed by atoms with Crippen molar-refractivity contribution in [2.75, 3.05) is 18.7 Å². The highest BCUT2D eigenvalue weighted by Crippen LogP contribution is 2.32. The Hall–Kier alpha value is -3.55. The van der Waals surface area contributed by atoms with Crippen LogP contribution in [-0.2, 0) is 16.1 Å². The van der Waals surface area contributed by atoms with E-state index in [0.29, 0.717) is 35.0 Å². The minimum Gasteiger partial charge on any atom is -0.482 e. The predicted molar refractivity (Wildman–Crippen MR) is 98.5 cm³/mol. The van der Waals surface area contributed by atoms with Crippen LogP contribution in [0.2, 0.25) is 0 Å². The average Bonchev–Trinajstić information content (AvgIpc) is 3.17. The molecule has 0 spiro atoms. The van der Waals surface area contributed by atoms with Crippen molar-refractivity contribution < 1.29 is 28.6 Å². The van der Waals surface area contributed by atoms with Gasteiger partial charge in [0.1, 0.15) is 5.75 Å². The normalized spacial score (nSPS) is 13.9. The molecule has 0 bridgehead atoms. The van der Waals surface area contributed by atoms with Gasteiger partial charge in [0, 0.05) is 24.9 Å². The van der Waals surface area contributed by atoms with E-state index in [1.54, 1.807) is 24.3 Å². The van der Waals surface area contributed by atoms with Gasteiger partial charge in [-0.2, -0.15) is 0 Å². The third kappa shape index (κ3) is 3.90. The first-order valence-electron chi connectivity index (χ1n) is 8.83. The van der Waals surface area contributed by atoms with Gasteiger partial charge in [0.2, 0.25) is 12.7 Å². The minimum atomic E-state index is -0.264. The van der Waals surface area contributed by atoms with Crippen LogP contribution in [0.5, 0.6) is 17.2 Å². The van der Waals surface area contributed by atoms with Crippen molar-refractivity contribution >= 4 is 23.3 Å². The molecule has 2 aromatic carbocycles. The summed E-state index contributed by atoms with van der Waals surface area (Å²) in [5, 5.41) is 5.45. The molecule has 0 saturated heterocycles. The number of Topliss-reactive ketones (excluding diaryl/α,β-unsaturated/α-hetero) is 1. The molecule has 2 aliphatic rings. The molecule has 0 atom stereocenters. The van der Waals surface area contributed by atoms with Gasteiger partial charge >= 0.3 is 0 Å². The molecule has 0 fully saturated rings. The number of ether oxygens (including phenoxy) is 3. The fourth-order valence-corrected chi connectivity index (χ4v) is 2.97. The van der Waals surface area contributed by atoms with Gasteiger partial charge in [0.25, 0.3) is 5.91 Å². The first-order valence-corrected chi connectivity index (χ1v) is 8.83. The van der Waals surface area contributed by atoms with E-state index in [9.17, 15) is 14.4 Å². The van der Waals surface area contributed by atoms with Crippen molar-refractivity contribution in [3.8, 4) is 17.2 Å². The Balaban J connectivity index is 1.28. The summed E-state index contributed by atoms with van der Waals surface area (Å²) >= 11 is 0. The maximum atomic E-state index is 12.4. The van der Waals surface area contributed by atoms with Gasteiger partial charge < -0.3 is 24.8 Å². The second kappa shape index (κ2) is 7.59. The number of hydrogen-bond donors (Lipinski definition) is 2. The Morgan fingerprint density at radius 2 is 1.79 bits per heavy atom. The SMILES string of the molecule is O=C(CCC(=O)c1ccc2c(c1)NC(=O)CO2)NCc1ccc2c(c1)OCO2. The molecule has 0 radical (unpaired) electrons. The van der Waals surface area contributed by atoms with E-state index in [1.165, 1.54) is 0 Å². The average molecular weight is 382 g/mol. The molecule has 2 N–H and O–H groups in total.